The Morgan fingerprint density at radius 3 is 2.55 bits per heavy atom. The molecule has 0 saturated heterocycles. The zero-order valence-corrected chi connectivity index (χ0v) is 15.4. The highest BCUT2D eigenvalue weighted by molar-refractivity contribution is 5.64. The Hall–Kier alpha value is -3.88. The van der Waals surface area contributed by atoms with Gasteiger partial charge in [-0.15, -0.1) is 0 Å². The van der Waals surface area contributed by atoms with E-state index in [0.29, 0.717) is 18.0 Å². The van der Waals surface area contributed by atoms with E-state index in [4.69, 9.17) is 9.84 Å². The smallest absolute Gasteiger partial charge is 0.404 e. The number of ether oxygens (including phenoxy) is 1. The fourth-order valence-corrected chi connectivity index (χ4v) is 2.58. The molecule has 0 aliphatic heterocycles. The molecule has 9 heteroatoms. The number of carboxylic acid groups (broad SMARTS) is 1. The van der Waals surface area contributed by atoms with E-state index in [1.807, 2.05) is 35.6 Å². The van der Waals surface area contributed by atoms with Gasteiger partial charge in [0.15, 0.2) is 0 Å². The molecule has 1 amide bonds. The van der Waals surface area contributed by atoms with Gasteiger partial charge in [-0.25, -0.2) is 23.2 Å². The second kappa shape index (κ2) is 9.36. The molecule has 0 saturated carbocycles. The number of rotatable bonds is 8. The SMILES string of the molecule is O=C(O)NC/C(=C/F)Cn1ncn(-c2ccc(OCc3ccccc3)cc2)c1=O. The van der Waals surface area contributed by atoms with Crippen LogP contribution in [0, 0.1) is 0 Å². The molecule has 29 heavy (non-hydrogen) atoms. The predicted molar refractivity (Wildman–Crippen MR) is 104 cm³/mol. The molecule has 3 rings (SSSR count). The quantitative estimate of drug-likeness (QED) is 0.608. The Morgan fingerprint density at radius 1 is 1.17 bits per heavy atom. The summed E-state index contributed by atoms with van der Waals surface area (Å²) in [5, 5.41) is 14.6. The molecule has 8 nitrogen and oxygen atoms in total. The minimum atomic E-state index is -1.28. The van der Waals surface area contributed by atoms with Crippen molar-refractivity contribution in [1.82, 2.24) is 19.7 Å². The number of hydrogen-bond donors (Lipinski definition) is 2. The molecule has 3 aromatic rings. The van der Waals surface area contributed by atoms with E-state index < -0.39 is 11.8 Å². The molecule has 2 N–H and O–H groups in total. The van der Waals surface area contributed by atoms with Crippen LogP contribution in [0.25, 0.3) is 5.69 Å². The molecule has 0 radical (unpaired) electrons. The largest absolute Gasteiger partial charge is 0.489 e. The summed E-state index contributed by atoms with van der Waals surface area (Å²) in [6.45, 7) is 0.0280. The third-order valence-corrected chi connectivity index (χ3v) is 4.07. The van der Waals surface area contributed by atoms with Gasteiger partial charge in [-0.05, 0) is 35.4 Å². The summed E-state index contributed by atoms with van der Waals surface area (Å²) in [6, 6.07) is 16.7. The highest BCUT2D eigenvalue weighted by atomic mass is 19.1. The van der Waals surface area contributed by atoms with Crippen molar-refractivity contribution in [2.45, 2.75) is 13.2 Å². The normalized spacial score (nSPS) is 11.3. The maximum atomic E-state index is 12.9. The van der Waals surface area contributed by atoms with Crippen LogP contribution in [0.15, 0.2) is 77.6 Å². The van der Waals surface area contributed by atoms with E-state index in [-0.39, 0.29) is 25.0 Å². The lowest BCUT2D eigenvalue weighted by molar-refractivity contribution is 0.195. The summed E-state index contributed by atoms with van der Waals surface area (Å²) in [7, 11) is 0. The second-order valence-corrected chi connectivity index (χ2v) is 6.14. The Bertz CT molecular complexity index is 1040. The van der Waals surface area contributed by atoms with Crippen molar-refractivity contribution < 1.29 is 19.0 Å². The van der Waals surface area contributed by atoms with E-state index in [9.17, 15) is 14.0 Å². The van der Waals surface area contributed by atoms with Gasteiger partial charge in [0.25, 0.3) is 0 Å². The number of aromatic nitrogens is 3. The summed E-state index contributed by atoms with van der Waals surface area (Å²) in [5.41, 5.74) is 1.22. The molecule has 0 spiro atoms. The maximum Gasteiger partial charge on any atom is 0.404 e. The predicted octanol–water partition coefficient (Wildman–Crippen LogP) is 2.73. The zero-order valence-electron chi connectivity index (χ0n) is 15.4. The van der Waals surface area contributed by atoms with Crippen molar-refractivity contribution in [3.05, 3.63) is 88.9 Å². The van der Waals surface area contributed by atoms with Crippen molar-refractivity contribution in [2.24, 2.45) is 0 Å². The molecule has 0 atom stereocenters. The van der Waals surface area contributed by atoms with E-state index in [2.05, 4.69) is 5.10 Å². The minimum absolute atomic E-state index is 0.0735. The highest BCUT2D eigenvalue weighted by Crippen LogP contribution is 2.16. The van der Waals surface area contributed by atoms with Crippen molar-refractivity contribution in [3.8, 4) is 11.4 Å². The maximum absolute atomic E-state index is 12.9. The standard InChI is InChI=1S/C20H19FN4O4/c21-10-16(11-22-19(26)27)12-25-20(28)24(14-23-25)17-6-8-18(9-7-17)29-13-15-4-2-1-3-5-15/h1-10,14,22H,11-13H2,(H,26,27)/b16-10-. The van der Waals surface area contributed by atoms with E-state index in [0.717, 1.165) is 10.2 Å². The van der Waals surface area contributed by atoms with Crippen molar-refractivity contribution in [1.29, 1.82) is 0 Å². The van der Waals surface area contributed by atoms with Crippen molar-refractivity contribution >= 4 is 6.09 Å². The van der Waals surface area contributed by atoms with E-state index in [1.165, 1.54) is 10.9 Å². The third-order valence-electron chi connectivity index (χ3n) is 4.07. The number of amides is 1. The Kier molecular flexibility index (Phi) is 6.41. The van der Waals surface area contributed by atoms with Gasteiger partial charge in [0, 0.05) is 6.54 Å². The molecular weight excluding hydrogens is 379 g/mol. The monoisotopic (exact) mass is 398 g/mol. The summed E-state index contributed by atoms with van der Waals surface area (Å²) < 4.78 is 21.0. The molecule has 0 bridgehead atoms. The van der Waals surface area contributed by atoms with Crippen LogP contribution >= 0.6 is 0 Å². The molecule has 1 heterocycles. The lowest BCUT2D eigenvalue weighted by atomic mass is 10.2. The molecular formula is C20H19FN4O4. The van der Waals surface area contributed by atoms with Gasteiger partial charge in [-0.3, -0.25) is 0 Å². The van der Waals surface area contributed by atoms with Crippen LogP contribution in [-0.4, -0.2) is 32.1 Å². The van der Waals surface area contributed by atoms with Gasteiger partial charge in [-0.2, -0.15) is 5.10 Å². The Balaban J connectivity index is 1.66. The van der Waals surface area contributed by atoms with Crippen LogP contribution < -0.4 is 15.7 Å². The highest BCUT2D eigenvalue weighted by Gasteiger charge is 2.10. The fourth-order valence-electron chi connectivity index (χ4n) is 2.58. The van der Waals surface area contributed by atoms with Crippen LogP contribution in [-0.2, 0) is 13.2 Å². The van der Waals surface area contributed by atoms with E-state index in [1.54, 1.807) is 24.3 Å². The fraction of sp³-hybridized carbons (Fsp3) is 0.150. The number of hydrogen-bond acceptors (Lipinski definition) is 4. The Morgan fingerprint density at radius 2 is 1.90 bits per heavy atom. The average molecular weight is 398 g/mol. The van der Waals surface area contributed by atoms with E-state index >= 15 is 0 Å². The van der Waals surface area contributed by atoms with Gasteiger partial charge in [0.2, 0.25) is 0 Å². The molecule has 150 valence electrons. The molecule has 2 aromatic carbocycles. The minimum Gasteiger partial charge on any atom is -0.489 e. The van der Waals surface area contributed by atoms with Crippen molar-refractivity contribution in [3.63, 3.8) is 0 Å². The first-order valence-electron chi connectivity index (χ1n) is 8.73. The summed E-state index contributed by atoms with van der Waals surface area (Å²) >= 11 is 0. The summed E-state index contributed by atoms with van der Waals surface area (Å²) in [6.07, 6.45) is 0.305. The molecule has 0 aliphatic carbocycles. The first kappa shape index (κ1) is 19.9. The Labute approximate surface area is 165 Å². The number of halogens is 1. The van der Waals surface area contributed by atoms with Crippen LogP contribution in [0.3, 0.4) is 0 Å². The molecule has 0 fully saturated rings. The van der Waals surface area contributed by atoms with Crippen molar-refractivity contribution in [2.75, 3.05) is 6.54 Å². The first-order valence-corrected chi connectivity index (χ1v) is 8.73. The van der Waals surface area contributed by atoms with Crippen LogP contribution in [0.2, 0.25) is 0 Å². The van der Waals surface area contributed by atoms with Crippen LogP contribution in [0.5, 0.6) is 5.75 Å². The topological polar surface area (TPSA) is 98.4 Å². The second-order valence-electron chi connectivity index (χ2n) is 6.14. The molecule has 0 aliphatic rings. The van der Waals surface area contributed by atoms with Crippen LogP contribution in [0.1, 0.15) is 5.56 Å². The molecule has 1 aromatic heterocycles. The lowest BCUT2D eigenvalue weighted by Gasteiger charge is -2.07. The number of benzene rings is 2. The average Bonchev–Trinajstić information content (AvgIpc) is 3.10. The van der Waals surface area contributed by atoms with Gasteiger partial charge < -0.3 is 15.2 Å². The number of nitrogens with zero attached hydrogens (tertiary/aromatic N) is 3. The molecule has 0 unspecified atom stereocenters. The van der Waals surface area contributed by atoms with Crippen LogP contribution in [0.4, 0.5) is 9.18 Å². The number of carbonyl (C=O) groups is 1. The van der Waals surface area contributed by atoms with Gasteiger partial charge in [0.1, 0.15) is 18.7 Å². The van der Waals surface area contributed by atoms with Gasteiger partial charge in [-0.1, -0.05) is 30.3 Å². The van der Waals surface area contributed by atoms with Gasteiger partial charge in [0.05, 0.1) is 18.6 Å². The summed E-state index contributed by atoms with van der Waals surface area (Å²) in [5.74, 6) is 0.653. The number of nitrogens with one attached hydrogen (secondary N) is 1. The lowest BCUT2D eigenvalue weighted by Crippen LogP contribution is -2.29. The summed E-state index contributed by atoms with van der Waals surface area (Å²) in [4.78, 5) is 23.0. The third kappa shape index (κ3) is 5.32. The van der Waals surface area contributed by atoms with Gasteiger partial charge >= 0.3 is 11.8 Å². The first-order chi connectivity index (χ1) is 14.1. The zero-order chi connectivity index (χ0) is 20.6.